The summed E-state index contributed by atoms with van der Waals surface area (Å²) < 4.78 is 4.84. The highest BCUT2D eigenvalue weighted by Crippen LogP contribution is 2.08. The number of ether oxygens (including phenoxy) is 1. The van der Waals surface area contributed by atoms with Crippen molar-refractivity contribution in [2.75, 3.05) is 0 Å². The summed E-state index contributed by atoms with van der Waals surface area (Å²) in [5.41, 5.74) is 2.57. The largest absolute Gasteiger partial charge is 0.431 e. The van der Waals surface area contributed by atoms with Crippen LogP contribution in [0.1, 0.15) is 18.1 Å². The Morgan fingerprint density at radius 1 is 1.40 bits per heavy atom. The normalized spacial score (nSPS) is 10.3. The Balaban J connectivity index is 2.63. The number of hydrogen-bond donors (Lipinski definition) is 0. The van der Waals surface area contributed by atoms with Crippen LogP contribution in [-0.2, 0) is 9.53 Å². The predicted molar refractivity (Wildman–Crippen MR) is 61.1 cm³/mol. The van der Waals surface area contributed by atoms with Crippen LogP contribution in [0.4, 0.5) is 0 Å². The van der Waals surface area contributed by atoms with E-state index in [0.29, 0.717) is 5.57 Å². The number of rotatable bonds is 3. The molecule has 0 unspecified atom stereocenters. The average Bonchev–Trinajstić information content (AvgIpc) is 2.20. The molecule has 1 aromatic rings. The van der Waals surface area contributed by atoms with Gasteiger partial charge in [0.25, 0.3) is 0 Å². The standard InChI is InChI=1S/C13H14O2/c1-10(2)13(14)15-9-8-12-7-5-4-6-11(12)3/h4-9H,1H2,2-3H3/b9-8+. The lowest BCUT2D eigenvalue weighted by molar-refractivity contribution is -0.133. The molecule has 0 N–H and O–H groups in total. The molecule has 0 amide bonds. The average molecular weight is 202 g/mol. The van der Waals surface area contributed by atoms with Crippen molar-refractivity contribution in [3.8, 4) is 0 Å². The van der Waals surface area contributed by atoms with Crippen molar-refractivity contribution in [3.05, 3.63) is 53.8 Å². The molecule has 0 saturated carbocycles. The molecule has 0 aliphatic rings. The summed E-state index contributed by atoms with van der Waals surface area (Å²) in [5, 5.41) is 0. The van der Waals surface area contributed by atoms with Gasteiger partial charge >= 0.3 is 5.97 Å². The van der Waals surface area contributed by atoms with Crippen LogP contribution in [0, 0.1) is 6.92 Å². The van der Waals surface area contributed by atoms with Crippen LogP contribution in [0.2, 0.25) is 0 Å². The van der Waals surface area contributed by atoms with E-state index in [1.54, 1.807) is 13.0 Å². The van der Waals surface area contributed by atoms with Gasteiger partial charge in [-0.2, -0.15) is 0 Å². The van der Waals surface area contributed by atoms with E-state index in [1.807, 2.05) is 31.2 Å². The zero-order valence-corrected chi connectivity index (χ0v) is 8.99. The quantitative estimate of drug-likeness (QED) is 0.427. The number of hydrogen-bond acceptors (Lipinski definition) is 2. The van der Waals surface area contributed by atoms with Gasteiger partial charge in [0, 0.05) is 5.57 Å². The van der Waals surface area contributed by atoms with Crippen LogP contribution in [-0.4, -0.2) is 5.97 Å². The second-order valence-electron chi connectivity index (χ2n) is 3.34. The van der Waals surface area contributed by atoms with E-state index in [4.69, 9.17) is 4.74 Å². The molecule has 2 nitrogen and oxygen atoms in total. The molecule has 2 heteroatoms. The summed E-state index contributed by atoms with van der Waals surface area (Å²) in [6.45, 7) is 7.11. The minimum absolute atomic E-state index is 0.393. The van der Waals surface area contributed by atoms with Gasteiger partial charge in [-0.25, -0.2) is 4.79 Å². The molecule has 0 radical (unpaired) electrons. The first-order valence-electron chi connectivity index (χ1n) is 4.70. The first-order valence-corrected chi connectivity index (χ1v) is 4.70. The maximum absolute atomic E-state index is 11.0. The number of aryl methyl sites for hydroxylation is 1. The Labute approximate surface area is 89.9 Å². The highest BCUT2D eigenvalue weighted by Gasteiger charge is 1.99. The predicted octanol–water partition coefficient (Wildman–Crippen LogP) is 3.09. The summed E-state index contributed by atoms with van der Waals surface area (Å²) in [6, 6.07) is 7.86. The smallest absolute Gasteiger partial charge is 0.337 e. The lowest BCUT2D eigenvalue weighted by Gasteiger charge is -1.99. The minimum Gasteiger partial charge on any atom is -0.431 e. The second-order valence-corrected chi connectivity index (χ2v) is 3.34. The van der Waals surface area contributed by atoms with Gasteiger partial charge in [0.1, 0.15) is 0 Å². The van der Waals surface area contributed by atoms with Crippen molar-refractivity contribution in [1.29, 1.82) is 0 Å². The number of carbonyl (C=O) groups excluding carboxylic acids is 1. The van der Waals surface area contributed by atoms with Gasteiger partial charge in [0.05, 0.1) is 6.26 Å². The van der Waals surface area contributed by atoms with Gasteiger partial charge in [-0.15, -0.1) is 0 Å². The van der Waals surface area contributed by atoms with Crippen molar-refractivity contribution in [1.82, 2.24) is 0 Å². The SMILES string of the molecule is C=C(C)C(=O)O/C=C/c1ccccc1C. The maximum Gasteiger partial charge on any atom is 0.337 e. The van der Waals surface area contributed by atoms with E-state index in [1.165, 1.54) is 6.26 Å². The molecule has 0 heterocycles. The summed E-state index contributed by atoms with van der Waals surface area (Å²) >= 11 is 0. The Kier molecular flexibility index (Phi) is 3.86. The van der Waals surface area contributed by atoms with Gasteiger partial charge in [-0.3, -0.25) is 0 Å². The van der Waals surface area contributed by atoms with Gasteiger partial charge in [0.15, 0.2) is 0 Å². The van der Waals surface area contributed by atoms with Gasteiger partial charge in [-0.1, -0.05) is 30.8 Å². The van der Waals surface area contributed by atoms with Crippen molar-refractivity contribution in [2.45, 2.75) is 13.8 Å². The topological polar surface area (TPSA) is 26.3 Å². The molecule has 0 spiro atoms. The van der Waals surface area contributed by atoms with Crippen molar-refractivity contribution in [2.24, 2.45) is 0 Å². The number of carbonyl (C=O) groups is 1. The van der Waals surface area contributed by atoms with E-state index in [-0.39, 0.29) is 0 Å². The fourth-order valence-corrected chi connectivity index (χ4v) is 1.04. The van der Waals surface area contributed by atoms with Crippen LogP contribution >= 0.6 is 0 Å². The summed E-state index contributed by atoms with van der Waals surface area (Å²) in [4.78, 5) is 11.0. The molecule has 0 saturated heterocycles. The zero-order valence-electron chi connectivity index (χ0n) is 8.99. The molecule has 0 fully saturated rings. The number of benzene rings is 1. The fraction of sp³-hybridized carbons (Fsp3) is 0.154. The first kappa shape index (κ1) is 11.2. The molecule has 78 valence electrons. The molecular weight excluding hydrogens is 188 g/mol. The lowest BCUT2D eigenvalue weighted by Crippen LogP contribution is -1.98. The second kappa shape index (κ2) is 5.15. The Hall–Kier alpha value is -1.83. The van der Waals surface area contributed by atoms with Crippen LogP contribution in [0.25, 0.3) is 6.08 Å². The maximum atomic E-state index is 11.0. The van der Waals surface area contributed by atoms with E-state index >= 15 is 0 Å². The van der Waals surface area contributed by atoms with E-state index in [0.717, 1.165) is 11.1 Å². The van der Waals surface area contributed by atoms with Crippen LogP contribution in [0.3, 0.4) is 0 Å². The van der Waals surface area contributed by atoms with Crippen molar-refractivity contribution in [3.63, 3.8) is 0 Å². The molecule has 1 rings (SSSR count). The third-order valence-corrected chi connectivity index (χ3v) is 1.96. The first-order chi connectivity index (χ1) is 7.11. The Morgan fingerprint density at radius 2 is 2.07 bits per heavy atom. The van der Waals surface area contributed by atoms with Gasteiger partial charge in [-0.05, 0) is 31.1 Å². The zero-order chi connectivity index (χ0) is 11.3. The molecule has 0 bridgehead atoms. The molecule has 1 aromatic carbocycles. The third-order valence-electron chi connectivity index (χ3n) is 1.96. The molecule has 15 heavy (non-hydrogen) atoms. The van der Waals surface area contributed by atoms with Crippen LogP contribution in [0.15, 0.2) is 42.7 Å². The van der Waals surface area contributed by atoms with Gasteiger partial charge in [0.2, 0.25) is 0 Å². The summed E-state index contributed by atoms with van der Waals surface area (Å²) in [6.07, 6.45) is 3.15. The summed E-state index contributed by atoms with van der Waals surface area (Å²) in [5.74, 6) is -0.403. The molecule has 0 aliphatic heterocycles. The lowest BCUT2D eigenvalue weighted by atomic mass is 10.1. The molecule has 0 aliphatic carbocycles. The number of esters is 1. The highest BCUT2D eigenvalue weighted by atomic mass is 16.5. The molecular formula is C13H14O2. The van der Waals surface area contributed by atoms with E-state index in [2.05, 4.69) is 6.58 Å². The molecule has 0 atom stereocenters. The van der Waals surface area contributed by atoms with Crippen molar-refractivity contribution < 1.29 is 9.53 Å². The summed E-state index contributed by atoms with van der Waals surface area (Å²) in [7, 11) is 0. The van der Waals surface area contributed by atoms with Crippen molar-refractivity contribution >= 4 is 12.0 Å². The van der Waals surface area contributed by atoms with Crippen LogP contribution in [0.5, 0.6) is 0 Å². The minimum atomic E-state index is -0.403. The third kappa shape index (κ3) is 3.43. The molecule has 0 aromatic heterocycles. The highest BCUT2D eigenvalue weighted by molar-refractivity contribution is 5.87. The Bertz CT molecular complexity index is 403. The van der Waals surface area contributed by atoms with Gasteiger partial charge < -0.3 is 4.74 Å². The monoisotopic (exact) mass is 202 g/mol. The van der Waals surface area contributed by atoms with E-state index in [9.17, 15) is 4.79 Å². The Morgan fingerprint density at radius 3 is 2.67 bits per heavy atom. The van der Waals surface area contributed by atoms with Crippen LogP contribution < -0.4 is 0 Å². The van der Waals surface area contributed by atoms with E-state index < -0.39 is 5.97 Å². The fourth-order valence-electron chi connectivity index (χ4n) is 1.04.